The van der Waals surface area contributed by atoms with E-state index < -0.39 is 15.8 Å². The molecule has 1 aromatic carbocycles. The number of nitriles is 1. The SMILES string of the molecule is Cc1cc(S(=O)(=O)Nc2ccc(F)c(C#N)c2)sc1Cl. The highest BCUT2D eigenvalue weighted by Gasteiger charge is 2.19. The summed E-state index contributed by atoms with van der Waals surface area (Å²) in [6.45, 7) is 1.70. The lowest BCUT2D eigenvalue weighted by Gasteiger charge is -2.06. The molecule has 0 amide bonds. The summed E-state index contributed by atoms with van der Waals surface area (Å²) in [5, 5.41) is 8.72. The van der Waals surface area contributed by atoms with E-state index in [4.69, 9.17) is 16.9 Å². The molecular formula is C12H8ClFN2O2S2. The quantitative estimate of drug-likeness (QED) is 0.936. The van der Waals surface area contributed by atoms with Crippen LogP contribution < -0.4 is 4.72 Å². The number of hydrogen-bond donors (Lipinski definition) is 1. The topological polar surface area (TPSA) is 70.0 Å². The second kappa shape index (κ2) is 5.40. The Bertz CT molecular complexity index is 790. The fourth-order valence-electron chi connectivity index (χ4n) is 1.44. The number of sulfonamides is 1. The first-order valence-electron chi connectivity index (χ1n) is 5.32. The van der Waals surface area contributed by atoms with Crippen molar-refractivity contribution < 1.29 is 12.8 Å². The summed E-state index contributed by atoms with van der Waals surface area (Å²) in [6, 6.07) is 6.51. The van der Waals surface area contributed by atoms with Gasteiger partial charge in [-0.25, -0.2) is 12.8 Å². The molecule has 1 N–H and O–H groups in total. The van der Waals surface area contributed by atoms with Crippen LogP contribution in [0.15, 0.2) is 28.5 Å². The van der Waals surface area contributed by atoms with Gasteiger partial charge in [0.2, 0.25) is 0 Å². The van der Waals surface area contributed by atoms with E-state index in [0.29, 0.717) is 9.90 Å². The molecule has 1 heterocycles. The lowest BCUT2D eigenvalue weighted by Crippen LogP contribution is -2.11. The summed E-state index contributed by atoms with van der Waals surface area (Å²) in [7, 11) is -3.80. The van der Waals surface area contributed by atoms with Gasteiger partial charge >= 0.3 is 0 Å². The smallest absolute Gasteiger partial charge is 0.271 e. The maximum absolute atomic E-state index is 13.2. The molecule has 104 valence electrons. The Labute approximate surface area is 124 Å². The van der Waals surface area contributed by atoms with E-state index in [-0.39, 0.29) is 15.5 Å². The third-order valence-electron chi connectivity index (χ3n) is 2.44. The minimum atomic E-state index is -3.80. The summed E-state index contributed by atoms with van der Waals surface area (Å²) >= 11 is 6.77. The van der Waals surface area contributed by atoms with E-state index >= 15 is 0 Å². The van der Waals surface area contributed by atoms with Gasteiger partial charge < -0.3 is 0 Å². The van der Waals surface area contributed by atoms with E-state index in [1.165, 1.54) is 12.1 Å². The number of benzene rings is 1. The average Bonchev–Trinajstić information content (AvgIpc) is 2.72. The third-order valence-corrected chi connectivity index (χ3v) is 5.85. The molecule has 0 aliphatic rings. The molecule has 0 radical (unpaired) electrons. The van der Waals surface area contributed by atoms with Crippen LogP contribution in [-0.4, -0.2) is 8.42 Å². The molecule has 0 atom stereocenters. The molecule has 0 unspecified atom stereocenters. The highest BCUT2D eigenvalue weighted by atomic mass is 35.5. The first-order valence-corrected chi connectivity index (χ1v) is 7.99. The molecule has 0 spiro atoms. The van der Waals surface area contributed by atoms with Gasteiger partial charge in [-0.15, -0.1) is 11.3 Å². The van der Waals surface area contributed by atoms with Crippen molar-refractivity contribution in [3.63, 3.8) is 0 Å². The summed E-state index contributed by atoms with van der Waals surface area (Å²) in [6.07, 6.45) is 0. The molecule has 2 rings (SSSR count). The molecular weight excluding hydrogens is 323 g/mol. The second-order valence-corrected chi connectivity index (χ2v) is 7.50. The van der Waals surface area contributed by atoms with Crippen LogP contribution in [0.4, 0.5) is 10.1 Å². The fraction of sp³-hybridized carbons (Fsp3) is 0.0833. The molecule has 0 bridgehead atoms. The number of aryl methyl sites for hydroxylation is 1. The zero-order chi connectivity index (χ0) is 14.9. The van der Waals surface area contributed by atoms with Crippen LogP contribution in [0, 0.1) is 24.1 Å². The molecule has 8 heteroatoms. The Kier molecular flexibility index (Phi) is 3.99. The van der Waals surface area contributed by atoms with Crippen molar-refractivity contribution in [3.05, 3.63) is 45.5 Å². The molecule has 4 nitrogen and oxygen atoms in total. The Balaban J connectivity index is 2.36. The predicted molar refractivity (Wildman–Crippen MR) is 76.0 cm³/mol. The van der Waals surface area contributed by atoms with Gasteiger partial charge in [-0.3, -0.25) is 4.72 Å². The summed E-state index contributed by atoms with van der Waals surface area (Å²) in [5.41, 5.74) is 0.546. The van der Waals surface area contributed by atoms with Crippen LogP contribution in [0.2, 0.25) is 4.34 Å². The van der Waals surface area contributed by atoms with Gasteiger partial charge in [0.1, 0.15) is 16.1 Å². The molecule has 2 aromatic rings. The van der Waals surface area contributed by atoms with E-state index in [1.54, 1.807) is 13.0 Å². The lowest BCUT2D eigenvalue weighted by atomic mass is 10.2. The maximum atomic E-state index is 13.2. The number of hydrogen-bond acceptors (Lipinski definition) is 4. The van der Waals surface area contributed by atoms with Crippen molar-refractivity contribution in [2.45, 2.75) is 11.1 Å². The number of halogens is 2. The Hall–Kier alpha value is -1.62. The Morgan fingerprint density at radius 1 is 1.40 bits per heavy atom. The van der Waals surface area contributed by atoms with Crippen LogP contribution in [0.25, 0.3) is 0 Å². The standard InChI is InChI=1S/C12H8ClFN2O2S2/c1-7-4-11(19-12(7)13)20(17,18)16-9-2-3-10(14)8(5-9)6-15/h2-5,16H,1H3. The second-order valence-electron chi connectivity index (χ2n) is 3.93. The normalized spacial score (nSPS) is 11.1. The highest BCUT2D eigenvalue weighted by molar-refractivity contribution is 7.94. The third kappa shape index (κ3) is 2.93. The van der Waals surface area contributed by atoms with E-state index in [2.05, 4.69) is 4.72 Å². The summed E-state index contributed by atoms with van der Waals surface area (Å²) in [5.74, 6) is -0.703. The van der Waals surface area contributed by atoms with Crippen molar-refractivity contribution in [1.82, 2.24) is 0 Å². The van der Waals surface area contributed by atoms with Crippen LogP contribution in [-0.2, 0) is 10.0 Å². The first kappa shape index (κ1) is 14.8. The van der Waals surface area contributed by atoms with E-state index in [1.807, 2.05) is 0 Å². The summed E-state index contributed by atoms with van der Waals surface area (Å²) < 4.78 is 40.1. The molecule has 0 saturated heterocycles. The van der Waals surface area contributed by atoms with Crippen LogP contribution in [0.1, 0.15) is 11.1 Å². The molecule has 0 fully saturated rings. The molecule has 1 aromatic heterocycles. The van der Waals surface area contributed by atoms with E-state index in [0.717, 1.165) is 23.5 Å². The van der Waals surface area contributed by atoms with Gasteiger partial charge in [-0.2, -0.15) is 5.26 Å². The van der Waals surface area contributed by atoms with Gasteiger partial charge in [-0.05, 0) is 36.8 Å². The molecule has 20 heavy (non-hydrogen) atoms. The monoisotopic (exact) mass is 330 g/mol. The number of anilines is 1. The number of nitrogens with one attached hydrogen (secondary N) is 1. The largest absolute Gasteiger partial charge is 0.279 e. The number of thiophene rings is 1. The van der Waals surface area contributed by atoms with Gasteiger partial charge in [0.25, 0.3) is 10.0 Å². The highest BCUT2D eigenvalue weighted by Crippen LogP contribution is 2.31. The Morgan fingerprint density at radius 2 is 2.10 bits per heavy atom. The van der Waals surface area contributed by atoms with E-state index in [9.17, 15) is 12.8 Å². The molecule has 0 aliphatic carbocycles. The van der Waals surface area contributed by atoms with Crippen LogP contribution in [0.3, 0.4) is 0 Å². The molecule has 0 saturated carbocycles. The minimum absolute atomic E-state index is 0.0582. The van der Waals surface area contributed by atoms with Crippen molar-refractivity contribution in [1.29, 1.82) is 5.26 Å². The van der Waals surface area contributed by atoms with Gasteiger partial charge in [0, 0.05) is 0 Å². The number of nitrogens with zero attached hydrogens (tertiary/aromatic N) is 1. The summed E-state index contributed by atoms with van der Waals surface area (Å²) in [4.78, 5) is 0. The Morgan fingerprint density at radius 3 is 2.65 bits per heavy atom. The fourth-order valence-corrected chi connectivity index (χ4v) is 4.20. The lowest BCUT2D eigenvalue weighted by molar-refractivity contribution is 0.602. The maximum Gasteiger partial charge on any atom is 0.271 e. The van der Waals surface area contributed by atoms with Crippen LogP contribution >= 0.6 is 22.9 Å². The minimum Gasteiger partial charge on any atom is -0.279 e. The zero-order valence-electron chi connectivity index (χ0n) is 10.1. The van der Waals surface area contributed by atoms with Crippen molar-refractivity contribution >= 4 is 38.6 Å². The first-order chi connectivity index (χ1) is 9.33. The van der Waals surface area contributed by atoms with Gasteiger partial charge in [0.05, 0.1) is 15.6 Å². The number of rotatable bonds is 3. The van der Waals surface area contributed by atoms with Gasteiger partial charge in [-0.1, -0.05) is 11.6 Å². The molecule has 0 aliphatic heterocycles. The predicted octanol–water partition coefficient (Wildman–Crippen LogP) is 3.52. The zero-order valence-corrected chi connectivity index (χ0v) is 12.5. The van der Waals surface area contributed by atoms with Crippen molar-refractivity contribution in [2.24, 2.45) is 0 Å². The van der Waals surface area contributed by atoms with Gasteiger partial charge in [0.15, 0.2) is 0 Å². The van der Waals surface area contributed by atoms with Crippen molar-refractivity contribution in [3.8, 4) is 6.07 Å². The van der Waals surface area contributed by atoms with Crippen LogP contribution in [0.5, 0.6) is 0 Å². The van der Waals surface area contributed by atoms with Crippen molar-refractivity contribution in [2.75, 3.05) is 4.72 Å². The average molecular weight is 331 g/mol.